The summed E-state index contributed by atoms with van der Waals surface area (Å²) in [5, 5.41) is 0. The van der Waals surface area contributed by atoms with Crippen LogP contribution in [-0.2, 0) is 21.7 Å². The molecule has 0 radical (unpaired) electrons. The van der Waals surface area contributed by atoms with Gasteiger partial charge in [0.2, 0.25) is 0 Å². The fraction of sp³-hybridized carbons (Fsp3) is 0.288. The van der Waals surface area contributed by atoms with Crippen molar-refractivity contribution in [2.45, 2.75) is 109 Å². The molecule has 0 aliphatic heterocycles. The number of hydrogen-bond donors (Lipinski definition) is 0. The standard InChI is InChI=1S/C59H59N/c1-56(2,3)40-34-39(35-41(36-40)57(4,5)6)44-20-10-11-21-45(44)50-24-14-17-27-55(50)60(42-28-30-48-46-22-12-15-25-51(46)58(7,8)53(48)37-42)43-29-31-49-47-23-13-16-26-52(47)59(54(49)38-43)32-18-9-19-33-59/h10-17,20-31,34-38H,9,18-19,32-33H2,1-8H3. The topological polar surface area (TPSA) is 3.24 Å². The first kappa shape index (κ1) is 38.5. The molecule has 1 saturated carbocycles. The molecule has 0 N–H and O–H groups in total. The number of rotatable bonds is 5. The lowest BCUT2D eigenvalue weighted by molar-refractivity contribution is 0.353. The van der Waals surface area contributed by atoms with E-state index in [-0.39, 0.29) is 21.7 Å². The number of nitrogens with zero attached hydrogens (tertiary/aromatic N) is 1. The first-order chi connectivity index (χ1) is 28.8. The summed E-state index contributed by atoms with van der Waals surface area (Å²) in [7, 11) is 0. The zero-order valence-electron chi connectivity index (χ0n) is 36.9. The van der Waals surface area contributed by atoms with Crippen LogP contribution in [0.1, 0.15) is 121 Å². The summed E-state index contributed by atoms with van der Waals surface area (Å²) in [4.78, 5) is 2.58. The molecule has 7 aromatic carbocycles. The highest BCUT2D eigenvalue weighted by atomic mass is 15.1. The second-order valence-electron chi connectivity index (χ2n) is 20.5. The summed E-state index contributed by atoms with van der Waals surface area (Å²) in [6, 6.07) is 58.5. The summed E-state index contributed by atoms with van der Waals surface area (Å²) < 4.78 is 0. The zero-order valence-corrected chi connectivity index (χ0v) is 36.9. The molecule has 0 atom stereocenters. The fourth-order valence-electron chi connectivity index (χ4n) is 11.1. The minimum Gasteiger partial charge on any atom is -0.310 e. The molecule has 10 rings (SSSR count). The Morgan fingerprint density at radius 3 is 1.48 bits per heavy atom. The molecular formula is C59H59N. The van der Waals surface area contributed by atoms with E-state index in [0.29, 0.717) is 0 Å². The molecular weight excluding hydrogens is 723 g/mol. The third kappa shape index (κ3) is 6.10. The number of hydrogen-bond acceptors (Lipinski definition) is 1. The van der Waals surface area contributed by atoms with Crippen LogP contribution in [0.5, 0.6) is 0 Å². The van der Waals surface area contributed by atoms with Crippen molar-refractivity contribution in [2.24, 2.45) is 0 Å². The van der Waals surface area contributed by atoms with Gasteiger partial charge in [-0.25, -0.2) is 0 Å². The Morgan fingerprint density at radius 1 is 0.400 bits per heavy atom. The molecule has 60 heavy (non-hydrogen) atoms. The van der Waals surface area contributed by atoms with Crippen LogP contribution in [0, 0.1) is 0 Å². The Hall–Kier alpha value is -5.66. The predicted molar refractivity (Wildman–Crippen MR) is 256 cm³/mol. The van der Waals surface area contributed by atoms with Gasteiger partial charge in [-0.15, -0.1) is 0 Å². The van der Waals surface area contributed by atoms with E-state index in [1.165, 1.54) is 127 Å². The van der Waals surface area contributed by atoms with Gasteiger partial charge in [-0.1, -0.05) is 196 Å². The van der Waals surface area contributed by atoms with Gasteiger partial charge < -0.3 is 4.90 Å². The van der Waals surface area contributed by atoms with Crippen LogP contribution in [0.4, 0.5) is 17.1 Å². The Bertz CT molecular complexity index is 2760. The SMILES string of the molecule is CC(C)(C)c1cc(-c2ccccc2-c2ccccc2N(c2ccc3c(c2)C(C)(C)c2ccccc2-3)c2ccc3c(c2)C2(CCCCC2)c2ccccc2-3)cc(C(C)(C)C)c1. The molecule has 3 aliphatic rings. The maximum absolute atomic E-state index is 2.58. The Labute approximate surface area is 359 Å². The first-order valence-corrected chi connectivity index (χ1v) is 22.4. The van der Waals surface area contributed by atoms with Crippen LogP contribution in [-0.4, -0.2) is 0 Å². The van der Waals surface area contributed by atoms with E-state index in [2.05, 4.69) is 212 Å². The fourth-order valence-corrected chi connectivity index (χ4v) is 11.1. The lowest BCUT2D eigenvalue weighted by Crippen LogP contribution is -2.28. The van der Waals surface area contributed by atoms with Crippen LogP contribution in [0.15, 0.2) is 152 Å². The van der Waals surface area contributed by atoms with Crippen molar-refractivity contribution in [1.82, 2.24) is 0 Å². The van der Waals surface area contributed by atoms with Crippen molar-refractivity contribution in [2.75, 3.05) is 4.90 Å². The Morgan fingerprint density at radius 2 is 0.867 bits per heavy atom. The average Bonchev–Trinajstić information content (AvgIpc) is 3.64. The normalized spacial score (nSPS) is 15.9. The van der Waals surface area contributed by atoms with Crippen molar-refractivity contribution < 1.29 is 0 Å². The van der Waals surface area contributed by atoms with Crippen LogP contribution in [0.2, 0.25) is 0 Å². The Kier molecular flexibility index (Phi) is 8.96. The van der Waals surface area contributed by atoms with Gasteiger partial charge in [0.1, 0.15) is 0 Å². The van der Waals surface area contributed by atoms with Gasteiger partial charge in [-0.2, -0.15) is 0 Å². The molecule has 7 aromatic rings. The molecule has 1 fully saturated rings. The van der Waals surface area contributed by atoms with Crippen molar-refractivity contribution >= 4 is 17.1 Å². The lowest BCUT2D eigenvalue weighted by atomic mass is 9.68. The zero-order chi connectivity index (χ0) is 41.6. The van der Waals surface area contributed by atoms with Crippen LogP contribution < -0.4 is 4.90 Å². The molecule has 1 nitrogen and oxygen atoms in total. The third-order valence-electron chi connectivity index (χ3n) is 14.4. The number of fused-ring (bicyclic) bond motifs is 8. The smallest absolute Gasteiger partial charge is 0.0540 e. The molecule has 0 unspecified atom stereocenters. The number of anilines is 3. The van der Waals surface area contributed by atoms with Crippen molar-refractivity contribution in [3.05, 3.63) is 185 Å². The molecule has 0 aromatic heterocycles. The van der Waals surface area contributed by atoms with E-state index in [1.54, 1.807) is 0 Å². The van der Waals surface area contributed by atoms with Gasteiger partial charge in [0.05, 0.1) is 5.69 Å². The average molecular weight is 782 g/mol. The van der Waals surface area contributed by atoms with Gasteiger partial charge in [0.25, 0.3) is 0 Å². The highest BCUT2D eigenvalue weighted by Gasteiger charge is 2.44. The maximum atomic E-state index is 2.58. The van der Waals surface area contributed by atoms with E-state index in [4.69, 9.17) is 0 Å². The van der Waals surface area contributed by atoms with Crippen LogP contribution >= 0.6 is 0 Å². The van der Waals surface area contributed by atoms with Gasteiger partial charge >= 0.3 is 0 Å². The number of para-hydroxylation sites is 1. The van der Waals surface area contributed by atoms with E-state index >= 15 is 0 Å². The quantitative estimate of drug-likeness (QED) is 0.168. The third-order valence-corrected chi connectivity index (χ3v) is 14.4. The minimum absolute atomic E-state index is 0.0174. The largest absolute Gasteiger partial charge is 0.310 e. The monoisotopic (exact) mass is 781 g/mol. The molecule has 0 bridgehead atoms. The van der Waals surface area contributed by atoms with E-state index in [1.807, 2.05) is 0 Å². The van der Waals surface area contributed by atoms with Crippen molar-refractivity contribution in [3.8, 4) is 44.5 Å². The second kappa shape index (κ2) is 14.0. The first-order valence-electron chi connectivity index (χ1n) is 22.4. The van der Waals surface area contributed by atoms with Gasteiger partial charge in [-0.05, 0) is 126 Å². The molecule has 3 aliphatic carbocycles. The van der Waals surface area contributed by atoms with E-state index in [0.717, 1.165) is 0 Å². The molecule has 1 spiro atoms. The summed E-state index contributed by atoms with van der Waals surface area (Å²) in [6.07, 6.45) is 6.28. The molecule has 0 saturated heterocycles. The summed E-state index contributed by atoms with van der Waals surface area (Å²) in [5.41, 5.74) is 22.7. The van der Waals surface area contributed by atoms with Crippen molar-refractivity contribution in [3.63, 3.8) is 0 Å². The van der Waals surface area contributed by atoms with Crippen LogP contribution in [0.25, 0.3) is 44.5 Å². The van der Waals surface area contributed by atoms with Gasteiger partial charge in [0, 0.05) is 27.8 Å². The predicted octanol–water partition coefficient (Wildman–Crippen LogP) is 16.6. The molecule has 0 heterocycles. The van der Waals surface area contributed by atoms with E-state index < -0.39 is 0 Å². The molecule has 0 amide bonds. The van der Waals surface area contributed by atoms with Gasteiger partial charge in [-0.3, -0.25) is 0 Å². The minimum atomic E-state index is -0.117. The number of benzene rings is 7. The lowest BCUT2D eigenvalue weighted by Gasteiger charge is -2.37. The summed E-state index contributed by atoms with van der Waals surface area (Å²) >= 11 is 0. The maximum Gasteiger partial charge on any atom is 0.0540 e. The summed E-state index contributed by atoms with van der Waals surface area (Å²) in [6.45, 7) is 18.8. The second-order valence-corrected chi connectivity index (χ2v) is 20.5. The molecule has 300 valence electrons. The van der Waals surface area contributed by atoms with Crippen LogP contribution in [0.3, 0.4) is 0 Å². The van der Waals surface area contributed by atoms with Gasteiger partial charge in [0.15, 0.2) is 0 Å². The van der Waals surface area contributed by atoms with E-state index in [9.17, 15) is 0 Å². The highest BCUT2D eigenvalue weighted by Crippen LogP contribution is 2.58. The van der Waals surface area contributed by atoms with Crippen molar-refractivity contribution in [1.29, 1.82) is 0 Å². The molecule has 1 heteroatoms. The highest BCUT2D eigenvalue weighted by molar-refractivity contribution is 5.96. The summed E-state index contributed by atoms with van der Waals surface area (Å²) in [5.74, 6) is 0. The Balaban J connectivity index is 1.21.